The van der Waals surface area contributed by atoms with Crippen LogP contribution in [0, 0.1) is 13.8 Å². The molecule has 2 aliphatic rings. The minimum atomic E-state index is -0.163. The van der Waals surface area contributed by atoms with Gasteiger partial charge in [0.25, 0.3) is 0 Å². The van der Waals surface area contributed by atoms with Gasteiger partial charge in [-0.2, -0.15) is 0 Å². The van der Waals surface area contributed by atoms with Crippen molar-refractivity contribution in [2.75, 3.05) is 52.5 Å². The lowest BCUT2D eigenvalue weighted by Crippen LogP contribution is -2.24. The number of unbranched alkanes of at least 4 members (excludes halogenated alkanes) is 2. The van der Waals surface area contributed by atoms with Crippen molar-refractivity contribution in [1.29, 1.82) is 0 Å². The molecule has 2 aromatic rings. The molecule has 4 rings (SSSR count). The SMILES string of the molecule is Cc1c(OCCCCCN2CC[C@@H](O)C2)cccc1-c1cccc(OCCCN2CC[C@@H](O)C2)c1C. The van der Waals surface area contributed by atoms with Crippen molar-refractivity contribution in [3.05, 3.63) is 47.5 Å². The fourth-order valence-corrected chi connectivity index (χ4v) is 5.42. The van der Waals surface area contributed by atoms with Crippen molar-refractivity contribution in [2.45, 2.75) is 64.6 Å². The number of ether oxygens (including phenoxy) is 2. The van der Waals surface area contributed by atoms with Crippen molar-refractivity contribution in [2.24, 2.45) is 0 Å². The van der Waals surface area contributed by atoms with Gasteiger partial charge < -0.3 is 29.5 Å². The van der Waals surface area contributed by atoms with Gasteiger partial charge in [0, 0.05) is 32.7 Å². The molecule has 2 N–H and O–H groups in total. The monoisotopic (exact) mass is 496 g/mol. The van der Waals surface area contributed by atoms with E-state index in [2.05, 4.69) is 60.0 Å². The number of rotatable bonds is 13. The van der Waals surface area contributed by atoms with Crippen molar-refractivity contribution in [1.82, 2.24) is 9.80 Å². The summed E-state index contributed by atoms with van der Waals surface area (Å²) in [6.07, 6.45) is 5.80. The quantitative estimate of drug-likeness (QED) is 0.400. The molecule has 36 heavy (non-hydrogen) atoms. The number of benzene rings is 2. The van der Waals surface area contributed by atoms with Gasteiger partial charge in [-0.1, -0.05) is 24.3 Å². The highest BCUT2D eigenvalue weighted by atomic mass is 16.5. The van der Waals surface area contributed by atoms with Crippen LogP contribution in [0.5, 0.6) is 11.5 Å². The summed E-state index contributed by atoms with van der Waals surface area (Å²) in [6, 6.07) is 12.6. The number of β-amino-alcohol motifs (C(OH)–C–C–N with tert-alkyl or cyclic N) is 2. The molecule has 0 unspecified atom stereocenters. The van der Waals surface area contributed by atoms with E-state index in [0.29, 0.717) is 6.61 Å². The highest BCUT2D eigenvalue weighted by molar-refractivity contribution is 5.74. The van der Waals surface area contributed by atoms with E-state index in [4.69, 9.17) is 9.47 Å². The maximum absolute atomic E-state index is 9.69. The Morgan fingerprint density at radius 1 is 0.694 bits per heavy atom. The summed E-state index contributed by atoms with van der Waals surface area (Å²) >= 11 is 0. The van der Waals surface area contributed by atoms with Crippen LogP contribution < -0.4 is 9.47 Å². The van der Waals surface area contributed by atoms with Crippen molar-refractivity contribution in [3.63, 3.8) is 0 Å². The van der Waals surface area contributed by atoms with E-state index in [0.717, 1.165) is 107 Å². The molecule has 2 fully saturated rings. The molecule has 2 atom stereocenters. The maximum Gasteiger partial charge on any atom is 0.122 e. The van der Waals surface area contributed by atoms with E-state index in [1.54, 1.807) is 0 Å². The van der Waals surface area contributed by atoms with Crippen LogP contribution in [0.4, 0.5) is 0 Å². The Balaban J connectivity index is 1.25. The van der Waals surface area contributed by atoms with Gasteiger partial charge >= 0.3 is 0 Å². The standard InChI is InChI=1S/C30H44N2O4/c1-23-27(9-6-11-29(23)35-19-5-3-4-15-31-17-13-25(33)21-31)28-10-7-12-30(24(28)2)36-20-8-16-32-18-14-26(34)22-32/h6-7,9-12,25-26,33-34H,3-5,8,13-22H2,1-2H3/t25-,26-/m1/s1. The maximum atomic E-state index is 9.69. The third-order valence-electron chi connectivity index (χ3n) is 7.61. The molecule has 2 aliphatic heterocycles. The molecule has 0 aromatic heterocycles. The van der Waals surface area contributed by atoms with E-state index >= 15 is 0 Å². The average molecular weight is 497 g/mol. The highest BCUT2D eigenvalue weighted by Gasteiger charge is 2.20. The van der Waals surface area contributed by atoms with Crippen LogP contribution in [0.3, 0.4) is 0 Å². The zero-order valence-electron chi connectivity index (χ0n) is 22.1. The van der Waals surface area contributed by atoms with Crippen LogP contribution in [0.15, 0.2) is 36.4 Å². The first kappa shape index (κ1) is 26.9. The molecule has 0 spiro atoms. The molecule has 2 aromatic carbocycles. The summed E-state index contributed by atoms with van der Waals surface area (Å²) in [5.74, 6) is 1.89. The third-order valence-corrected chi connectivity index (χ3v) is 7.61. The normalized spacial score (nSPS) is 20.8. The summed E-state index contributed by atoms with van der Waals surface area (Å²) in [5, 5.41) is 19.3. The topological polar surface area (TPSA) is 65.4 Å². The summed E-state index contributed by atoms with van der Waals surface area (Å²) in [7, 11) is 0. The second-order valence-electron chi connectivity index (χ2n) is 10.5. The molecule has 0 aliphatic carbocycles. The van der Waals surface area contributed by atoms with E-state index in [9.17, 15) is 10.2 Å². The van der Waals surface area contributed by atoms with E-state index in [-0.39, 0.29) is 12.2 Å². The van der Waals surface area contributed by atoms with Crippen molar-refractivity contribution >= 4 is 0 Å². The van der Waals surface area contributed by atoms with E-state index in [1.807, 2.05) is 0 Å². The molecule has 0 bridgehead atoms. The Kier molecular flexibility index (Phi) is 10.0. The van der Waals surface area contributed by atoms with Crippen molar-refractivity contribution < 1.29 is 19.7 Å². The molecule has 6 heteroatoms. The molecule has 6 nitrogen and oxygen atoms in total. The van der Waals surface area contributed by atoms with Gasteiger partial charge in [-0.3, -0.25) is 0 Å². The number of nitrogens with zero attached hydrogens (tertiary/aromatic N) is 2. The number of hydrogen-bond acceptors (Lipinski definition) is 6. The summed E-state index contributed by atoms with van der Waals surface area (Å²) in [4.78, 5) is 4.67. The number of aliphatic hydroxyl groups excluding tert-OH is 2. The molecule has 2 heterocycles. The lowest BCUT2D eigenvalue weighted by Gasteiger charge is -2.18. The first-order valence-corrected chi connectivity index (χ1v) is 13.8. The van der Waals surface area contributed by atoms with E-state index < -0.39 is 0 Å². The second kappa shape index (κ2) is 13.4. The van der Waals surface area contributed by atoms with Crippen molar-refractivity contribution in [3.8, 4) is 22.6 Å². The Labute approximate surface area is 216 Å². The molecule has 0 saturated carbocycles. The highest BCUT2D eigenvalue weighted by Crippen LogP contribution is 2.35. The number of likely N-dealkylation sites (tertiary alicyclic amines) is 2. The lowest BCUT2D eigenvalue weighted by molar-refractivity contribution is 0.173. The van der Waals surface area contributed by atoms with Gasteiger partial charge in [0.15, 0.2) is 0 Å². The predicted molar refractivity (Wildman–Crippen MR) is 145 cm³/mol. The van der Waals surface area contributed by atoms with Crippen LogP contribution in [0.25, 0.3) is 11.1 Å². The zero-order chi connectivity index (χ0) is 25.3. The fourth-order valence-electron chi connectivity index (χ4n) is 5.42. The fraction of sp³-hybridized carbons (Fsp3) is 0.600. The predicted octanol–water partition coefficient (Wildman–Crippen LogP) is 4.42. The first-order valence-electron chi connectivity index (χ1n) is 13.8. The average Bonchev–Trinajstić information content (AvgIpc) is 3.48. The summed E-state index contributed by atoms with van der Waals surface area (Å²) in [5.41, 5.74) is 4.69. The molecule has 0 radical (unpaired) electrons. The van der Waals surface area contributed by atoms with Gasteiger partial charge in [0.2, 0.25) is 0 Å². The van der Waals surface area contributed by atoms with Gasteiger partial charge in [0.1, 0.15) is 11.5 Å². The molecular formula is C30H44N2O4. The van der Waals surface area contributed by atoms with Gasteiger partial charge in [0.05, 0.1) is 25.4 Å². The van der Waals surface area contributed by atoms with E-state index in [1.165, 1.54) is 11.1 Å². The van der Waals surface area contributed by atoms with Crippen LogP contribution in [0.2, 0.25) is 0 Å². The zero-order valence-corrected chi connectivity index (χ0v) is 22.1. The largest absolute Gasteiger partial charge is 0.493 e. The summed E-state index contributed by atoms with van der Waals surface area (Å²) < 4.78 is 12.3. The molecule has 198 valence electrons. The molecular weight excluding hydrogens is 452 g/mol. The van der Waals surface area contributed by atoms with Crippen LogP contribution in [-0.4, -0.2) is 84.7 Å². The van der Waals surface area contributed by atoms with Gasteiger partial charge in [-0.05, 0) is 93.3 Å². The minimum Gasteiger partial charge on any atom is -0.493 e. The Bertz CT molecular complexity index is 966. The van der Waals surface area contributed by atoms with Crippen LogP contribution in [0.1, 0.15) is 49.7 Å². The first-order chi connectivity index (χ1) is 17.5. The third kappa shape index (κ3) is 7.45. The second-order valence-corrected chi connectivity index (χ2v) is 10.5. The summed E-state index contributed by atoms with van der Waals surface area (Å²) in [6.45, 7) is 11.3. The van der Waals surface area contributed by atoms with Gasteiger partial charge in [-0.15, -0.1) is 0 Å². The Morgan fingerprint density at radius 3 is 1.69 bits per heavy atom. The minimum absolute atomic E-state index is 0.130. The molecule has 2 saturated heterocycles. The van der Waals surface area contributed by atoms with Crippen LogP contribution in [-0.2, 0) is 0 Å². The lowest BCUT2D eigenvalue weighted by atomic mass is 9.95. The Hall–Kier alpha value is -2.12. The Morgan fingerprint density at radius 2 is 1.19 bits per heavy atom. The smallest absolute Gasteiger partial charge is 0.122 e. The van der Waals surface area contributed by atoms with Crippen LogP contribution >= 0.6 is 0 Å². The number of aliphatic hydroxyl groups is 2. The van der Waals surface area contributed by atoms with Gasteiger partial charge in [-0.25, -0.2) is 0 Å². The molecule has 0 amide bonds. The number of hydrogen-bond donors (Lipinski definition) is 2.